The molecule has 7 nitrogen and oxygen atoms in total. The number of anilines is 1. The zero-order chi connectivity index (χ0) is 22.2. The Morgan fingerprint density at radius 3 is 2.20 bits per heavy atom. The summed E-state index contributed by atoms with van der Waals surface area (Å²) in [6.07, 6.45) is 0. The Morgan fingerprint density at radius 1 is 1.03 bits per heavy atom. The van der Waals surface area contributed by atoms with Crippen molar-refractivity contribution in [3.8, 4) is 0 Å². The summed E-state index contributed by atoms with van der Waals surface area (Å²) in [4.78, 5) is 53.8. The molecular formula is C22H22ClN3O4. The minimum absolute atomic E-state index is 0.221. The lowest BCUT2D eigenvalue weighted by molar-refractivity contribution is -0.132. The fraction of sp³-hybridized carbons (Fsp3) is 0.273. The normalized spacial score (nSPS) is 17.3. The van der Waals surface area contributed by atoms with Gasteiger partial charge in [0.15, 0.2) is 11.8 Å². The van der Waals surface area contributed by atoms with Gasteiger partial charge in [0.25, 0.3) is 11.8 Å². The molecule has 1 heterocycles. The topological polar surface area (TPSA) is 86.8 Å². The predicted octanol–water partition coefficient (Wildman–Crippen LogP) is 3.43. The molecule has 1 aliphatic rings. The fourth-order valence-corrected chi connectivity index (χ4v) is 3.36. The van der Waals surface area contributed by atoms with Gasteiger partial charge in [0.1, 0.15) is 6.04 Å². The Morgan fingerprint density at radius 2 is 1.63 bits per heavy atom. The van der Waals surface area contributed by atoms with Crippen molar-refractivity contribution in [3.05, 3.63) is 64.2 Å². The van der Waals surface area contributed by atoms with E-state index in [2.05, 4.69) is 5.32 Å². The van der Waals surface area contributed by atoms with Gasteiger partial charge in [0.2, 0.25) is 0 Å². The molecule has 1 fully saturated rings. The van der Waals surface area contributed by atoms with Gasteiger partial charge >= 0.3 is 6.03 Å². The minimum Gasteiger partial charge on any atom is -0.323 e. The van der Waals surface area contributed by atoms with Crippen molar-refractivity contribution >= 4 is 40.9 Å². The SMILES string of the molecule is Cc1ccc(C(=O)C(C(=O)Nc2cc(C)ccc2Cl)N2C(=O)C(C)N(C)C2=O)cc1. The van der Waals surface area contributed by atoms with Gasteiger partial charge in [-0.3, -0.25) is 14.4 Å². The first kappa shape index (κ1) is 21.5. The van der Waals surface area contributed by atoms with Crippen LogP contribution in [0.4, 0.5) is 10.5 Å². The van der Waals surface area contributed by atoms with Crippen molar-refractivity contribution in [2.75, 3.05) is 12.4 Å². The average Bonchev–Trinajstić information content (AvgIpc) is 2.89. The van der Waals surface area contributed by atoms with E-state index in [0.29, 0.717) is 5.69 Å². The molecule has 0 spiro atoms. The summed E-state index contributed by atoms with van der Waals surface area (Å²) >= 11 is 6.17. The van der Waals surface area contributed by atoms with Crippen LogP contribution in [-0.4, -0.2) is 52.6 Å². The summed E-state index contributed by atoms with van der Waals surface area (Å²) in [7, 11) is 1.45. The maximum atomic E-state index is 13.3. The van der Waals surface area contributed by atoms with E-state index in [1.807, 2.05) is 13.8 Å². The number of Topliss-reactive ketones (excluding diaryl/α,β-unsaturated/α-hetero) is 1. The van der Waals surface area contributed by atoms with Gasteiger partial charge < -0.3 is 10.2 Å². The first-order valence-electron chi connectivity index (χ1n) is 9.39. The molecule has 0 aromatic heterocycles. The minimum atomic E-state index is -1.66. The molecule has 0 radical (unpaired) electrons. The third kappa shape index (κ3) is 3.93. The number of imide groups is 1. The number of ketones is 1. The van der Waals surface area contributed by atoms with Crippen LogP contribution in [0.15, 0.2) is 42.5 Å². The summed E-state index contributed by atoms with van der Waals surface area (Å²) < 4.78 is 0. The number of likely N-dealkylation sites (N-methyl/N-ethyl adjacent to an activating group) is 1. The summed E-state index contributed by atoms with van der Waals surface area (Å²) in [5, 5.41) is 2.88. The van der Waals surface area contributed by atoms with Crippen LogP contribution in [0.3, 0.4) is 0 Å². The second-order valence-electron chi connectivity index (χ2n) is 7.38. The largest absolute Gasteiger partial charge is 0.328 e. The molecule has 2 aromatic rings. The lowest BCUT2D eigenvalue weighted by Crippen LogP contribution is -2.52. The summed E-state index contributed by atoms with van der Waals surface area (Å²) in [5.74, 6) is -2.07. The number of carbonyl (C=O) groups is 4. The van der Waals surface area contributed by atoms with Crippen molar-refractivity contribution in [2.45, 2.75) is 32.9 Å². The molecule has 0 aliphatic carbocycles. The highest BCUT2D eigenvalue weighted by atomic mass is 35.5. The van der Waals surface area contributed by atoms with Crippen molar-refractivity contribution in [1.29, 1.82) is 0 Å². The van der Waals surface area contributed by atoms with Crippen molar-refractivity contribution in [3.63, 3.8) is 0 Å². The predicted molar refractivity (Wildman–Crippen MR) is 114 cm³/mol. The lowest BCUT2D eigenvalue weighted by Gasteiger charge is -2.24. The number of amides is 4. The van der Waals surface area contributed by atoms with Gasteiger partial charge in [-0.2, -0.15) is 0 Å². The number of halogens is 1. The number of hydrogen-bond donors (Lipinski definition) is 1. The third-order valence-corrected chi connectivity index (χ3v) is 5.48. The number of carbonyl (C=O) groups excluding carboxylic acids is 4. The second kappa shape index (κ2) is 8.28. The number of nitrogens with one attached hydrogen (secondary N) is 1. The average molecular weight is 428 g/mol. The van der Waals surface area contributed by atoms with E-state index < -0.39 is 35.7 Å². The summed E-state index contributed by atoms with van der Waals surface area (Å²) in [6, 6.07) is 8.48. The van der Waals surface area contributed by atoms with Gasteiger partial charge in [0.05, 0.1) is 10.7 Å². The monoisotopic (exact) mass is 427 g/mol. The fourth-order valence-electron chi connectivity index (χ4n) is 3.20. The van der Waals surface area contributed by atoms with Crippen molar-refractivity contribution in [1.82, 2.24) is 9.80 Å². The van der Waals surface area contributed by atoms with Crippen LogP contribution in [0.2, 0.25) is 5.02 Å². The molecule has 8 heteroatoms. The highest BCUT2D eigenvalue weighted by Gasteiger charge is 2.49. The van der Waals surface area contributed by atoms with Crippen LogP contribution in [-0.2, 0) is 9.59 Å². The van der Waals surface area contributed by atoms with E-state index in [9.17, 15) is 19.2 Å². The molecule has 0 saturated carbocycles. The highest BCUT2D eigenvalue weighted by molar-refractivity contribution is 6.34. The lowest BCUT2D eigenvalue weighted by atomic mass is 10.0. The van der Waals surface area contributed by atoms with Crippen LogP contribution in [0.25, 0.3) is 0 Å². The number of aryl methyl sites for hydroxylation is 2. The number of nitrogens with zero attached hydrogens (tertiary/aromatic N) is 2. The second-order valence-corrected chi connectivity index (χ2v) is 7.79. The maximum Gasteiger partial charge on any atom is 0.328 e. The molecule has 1 saturated heterocycles. The van der Waals surface area contributed by atoms with Crippen LogP contribution >= 0.6 is 11.6 Å². The quantitative estimate of drug-likeness (QED) is 0.450. The standard InChI is InChI=1S/C22H22ClN3O4/c1-12-5-8-15(9-6-12)19(27)18(26-21(29)14(3)25(4)22(26)30)20(28)24-17-11-13(2)7-10-16(17)23/h5-11,14,18H,1-4H3,(H,24,28). The molecule has 1 aliphatic heterocycles. The Kier molecular flexibility index (Phi) is 5.94. The number of hydrogen-bond acceptors (Lipinski definition) is 4. The zero-order valence-electron chi connectivity index (χ0n) is 17.1. The Hall–Kier alpha value is -3.19. The molecule has 0 bridgehead atoms. The third-order valence-electron chi connectivity index (χ3n) is 5.15. The van der Waals surface area contributed by atoms with Crippen LogP contribution < -0.4 is 5.32 Å². The molecule has 2 unspecified atom stereocenters. The van der Waals surface area contributed by atoms with Crippen LogP contribution in [0.5, 0.6) is 0 Å². The van der Waals surface area contributed by atoms with Gasteiger partial charge in [-0.25, -0.2) is 9.69 Å². The van der Waals surface area contributed by atoms with E-state index in [4.69, 9.17) is 11.6 Å². The van der Waals surface area contributed by atoms with Gasteiger partial charge in [0, 0.05) is 12.6 Å². The van der Waals surface area contributed by atoms with Gasteiger partial charge in [-0.05, 0) is 38.5 Å². The molecule has 4 amide bonds. The molecular weight excluding hydrogens is 406 g/mol. The Bertz CT molecular complexity index is 1020. The highest BCUT2D eigenvalue weighted by Crippen LogP contribution is 2.26. The van der Waals surface area contributed by atoms with E-state index in [-0.39, 0.29) is 10.6 Å². The van der Waals surface area contributed by atoms with E-state index >= 15 is 0 Å². The molecule has 2 aromatic carbocycles. The first-order chi connectivity index (χ1) is 14.1. The molecule has 30 heavy (non-hydrogen) atoms. The van der Waals surface area contributed by atoms with E-state index in [1.165, 1.54) is 11.9 Å². The van der Waals surface area contributed by atoms with Gasteiger partial charge in [-0.15, -0.1) is 0 Å². The number of rotatable bonds is 5. The maximum absolute atomic E-state index is 13.3. The molecule has 1 N–H and O–H groups in total. The van der Waals surface area contributed by atoms with E-state index in [1.54, 1.807) is 49.4 Å². The van der Waals surface area contributed by atoms with Gasteiger partial charge in [-0.1, -0.05) is 47.5 Å². The Labute approximate surface area is 179 Å². The van der Waals surface area contributed by atoms with Crippen molar-refractivity contribution < 1.29 is 19.2 Å². The van der Waals surface area contributed by atoms with Crippen LogP contribution in [0.1, 0.15) is 28.4 Å². The van der Waals surface area contributed by atoms with Crippen molar-refractivity contribution in [2.24, 2.45) is 0 Å². The van der Waals surface area contributed by atoms with E-state index in [0.717, 1.165) is 16.0 Å². The smallest absolute Gasteiger partial charge is 0.323 e. The molecule has 2 atom stereocenters. The Balaban J connectivity index is 2.03. The first-order valence-corrected chi connectivity index (χ1v) is 9.77. The molecule has 156 valence electrons. The van der Waals surface area contributed by atoms with Crippen LogP contribution in [0, 0.1) is 13.8 Å². The molecule has 3 rings (SSSR count). The summed E-state index contributed by atoms with van der Waals surface area (Å²) in [5.41, 5.74) is 2.29. The zero-order valence-corrected chi connectivity index (χ0v) is 17.9. The number of benzene rings is 2. The summed E-state index contributed by atoms with van der Waals surface area (Å²) in [6.45, 7) is 5.23. The number of urea groups is 1.